The normalized spacial score (nSPS) is 17.2. The molecule has 8 heteroatoms. The molecule has 6 nitrogen and oxygen atoms in total. The van der Waals surface area contributed by atoms with Crippen molar-refractivity contribution in [1.29, 1.82) is 0 Å². The Labute approximate surface area is 188 Å². The lowest BCUT2D eigenvalue weighted by Gasteiger charge is -2.13. The van der Waals surface area contributed by atoms with E-state index in [1.54, 1.807) is 17.2 Å². The number of amidine groups is 1. The molecule has 2 amide bonds. The lowest BCUT2D eigenvalue weighted by atomic mass is 10.1. The van der Waals surface area contributed by atoms with Gasteiger partial charge in [-0.2, -0.15) is 4.99 Å². The molecule has 3 aromatic rings. The zero-order valence-electron chi connectivity index (χ0n) is 16.6. The number of nitrogens with zero attached hydrogens (tertiary/aromatic N) is 3. The zero-order valence-corrected chi connectivity index (χ0v) is 18.2. The van der Waals surface area contributed by atoms with E-state index in [9.17, 15) is 9.59 Å². The van der Waals surface area contributed by atoms with Crippen LogP contribution in [0.1, 0.15) is 6.42 Å². The van der Waals surface area contributed by atoms with Crippen molar-refractivity contribution in [2.75, 3.05) is 11.9 Å². The minimum absolute atomic E-state index is 0.0640. The highest BCUT2D eigenvalue weighted by atomic mass is 32.2. The van der Waals surface area contributed by atoms with Crippen LogP contribution in [0.3, 0.4) is 0 Å². The van der Waals surface area contributed by atoms with Gasteiger partial charge in [-0.1, -0.05) is 60.3 Å². The van der Waals surface area contributed by atoms with Crippen LogP contribution < -0.4 is 5.32 Å². The number of nitrogens with one attached hydrogen (secondary N) is 1. The van der Waals surface area contributed by atoms with E-state index in [-0.39, 0.29) is 18.2 Å². The number of anilines is 1. The number of thioether (sulfide) groups is 1. The molecule has 1 atom stereocenters. The van der Waals surface area contributed by atoms with Crippen molar-refractivity contribution in [1.82, 2.24) is 9.88 Å². The summed E-state index contributed by atoms with van der Waals surface area (Å²) in [5.41, 5.74) is 2.88. The number of rotatable bonds is 7. The minimum atomic E-state index is -0.526. The summed E-state index contributed by atoms with van der Waals surface area (Å²) in [6.07, 6.45) is 3.37. The van der Waals surface area contributed by atoms with E-state index in [2.05, 4.69) is 21.9 Å². The Morgan fingerprint density at radius 3 is 2.58 bits per heavy atom. The molecule has 4 rings (SSSR count). The first-order valence-corrected chi connectivity index (χ1v) is 11.4. The number of carbonyl (C=O) groups excluding carboxylic acids is 2. The first-order chi connectivity index (χ1) is 15.1. The van der Waals surface area contributed by atoms with E-state index < -0.39 is 5.25 Å². The second kappa shape index (κ2) is 9.72. The Morgan fingerprint density at radius 2 is 1.90 bits per heavy atom. The zero-order chi connectivity index (χ0) is 21.6. The number of hydrogen-bond acceptors (Lipinski definition) is 6. The van der Waals surface area contributed by atoms with Crippen molar-refractivity contribution in [3.05, 3.63) is 78.8 Å². The van der Waals surface area contributed by atoms with Gasteiger partial charge in [0.25, 0.3) is 0 Å². The lowest BCUT2D eigenvalue weighted by Crippen LogP contribution is -2.33. The summed E-state index contributed by atoms with van der Waals surface area (Å²) in [7, 11) is 0. The number of benzene rings is 2. The molecule has 1 N–H and O–H groups in total. The Kier molecular flexibility index (Phi) is 6.59. The fourth-order valence-electron chi connectivity index (χ4n) is 3.13. The van der Waals surface area contributed by atoms with Crippen LogP contribution in [0.5, 0.6) is 0 Å². The first-order valence-electron chi connectivity index (χ1n) is 9.66. The molecule has 0 spiro atoms. The van der Waals surface area contributed by atoms with Gasteiger partial charge >= 0.3 is 0 Å². The topological polar surface area (TPSA) is 74.7 Å². The summed E-state index contributed by atoms with van der Waals surface area (Å²) in [4.78, 5) is 35.5. The molecule has 0 saturated carbocycles. The highest BCUT2D eigenvalue weighted by Gasteiger charge is 2.38. The number of hydrogen-bond donors (Lipinski definition) is 1. The van der Waals surface area contributed by atoms with Crippen LogP contribution in [0.25, 0.3) is 11.1 Å². The van der Waals surface area contributed by atoms with Gasteiger partial charge in [-0.05, 0) is 23.3 Å². The molecule has 1 unspecified atom stereocenters. The molecule has 156 valence electrons. The quantitative estimate of drug-likeness (QED) is 0.519. The van der Waals surface area contributed by atoms with Crippen LogP contribution in [0.4, 0.5) is 10.8 Å². The molecule has 0 radical (unpaired) electrons. The number of aromatic nitrogens is 1. The average molecular weight is 449 g/mol. The third-order valence-electron chi connectivity index (χ3n) is 4.59. The second-order valence-corrected chi connectivity index (χ2v) is 8.79. The molecular formula is C23H20N4O2S2. The standard InChI is InChI=1S/C23H20N4O2S2/c1-2-13-27-21(29)19(31-23(27)26-22-24-12-14-30-22)15-20(28)25-18-10-8-17(9-11-18)16-6-4-3-5-7-16/h2-12,14,19H,1,13,15H2,(H,25,28). The third kappa shape index (κ3) is 5.10. The molecule has 31 heavy (non-hydrogen) atoms. The van der Waals surface area contributed by atoms with Gasteiger partial charge in [0, 0.05) is 30.2 Å². The maximum Gasteiger partial charge on any atom is 0.242 e. The SMILES string of the molecule is C=CCN1C(=O)C(CC(=O)Nc2ccc(-c3ccccc3)cc2)SC1=Nc1nccs1. The van der Waals surface area contributed by atoms with Crippen LogP contribution in [-0.4, -0.2) is 38.7 Å². The van der Waals surface area contributed by atoms with E-state index in [1.165, 1.54) is 23.1 Å². The summed E-state index contributed by atoms with van der Waals surface area (Å²) in [6.45, 7) is 4.05. The molecule has 2 aromatic carbocycles. The third-order valence-corrected chi connectivity index (χ3v) is 6.43. The van der Waals surface area contributed by atoms with Crippen LogP contribution >= 0.6 is 23.1 Å². The molecule has 1 saturated heterocycles. The van der Waals surface area contributed by atoms with E-state index in [1.807, 2.05) is 60.0 Å². The van der Waals surface area contributed by atoms with E-state index in [0.29, 0.717) is 22.5 Å². The highest BCUT2D eigenvalue weighted by molar-refractivity contribution is 8.15. The molecule has 1 fully saturated rings. The van der Waals surface area contributed by atoms with Crippen LogP contribution in [0, 0.1) is 0 Å². The average Bonchev–Trinajstić information content (AvgIpc) is 3.39. The van der Waals surface area contributed by atoms with Crippen LogP contribution in [0.15, 0.2) is 83.8 Å². The number of amides is 2. The Bertz CT molecular complexity index is 1100. The van der Waals surface area contributed by atoms with Gasteiger partial charge in [-0.15, -0.1) is 17.9 Å². The molecule has 1 aromatic heterocycles. The summed E-state index contributed by atoms with van der Waals surface area (Å²) < 4.78 is 0. The summed E-state index contributed by atoms with van der Waals surface area (Å²) in [6, 6.07) is 17.7. The predicted octanol–water partition coefficient (Wildman–Crippen LogP) is 4.96. The van der Waals surface area contributed by atoms with Crippen molar-refractivity contribution in [2.24, 2.45) is 4.99 Å². The molecule has 0 bridgehead atoms. The van der Waals surface area contributed by atoms with Gasteiger partial charge in [-0.25, -0.2) is 4.98 Å². The number of carbonyl (C=O) groups is 2. The molecular weight excluding hydrogens is 428 g/mol. The molecule has 2 heterocycles. The van der Waals surface area contributed by atoms with Crippen LogP contribution in [0.2, 0.25) is 0 Å². The van der Waals surface area contributed by atoms with E-state index >= 15 is 0 Å². The summed E-state index contributed by atoms with van der Waals surface area (Å²) in [5, 5.41) is 5.31. The Morgan fingerprint density at radius 1 is 1.16 bits per heavy atom. The van der Waals surface area contributed by atoms with Gasteiger partial charge in [0.05, 0.1) is 0 Å². The summed E-state index contributed by atoms with van der Waals surface area (Å²) >= 11 is 2.68. The maximum absolute atomic E-state index is 12.8. The fraction of sp³-hybridized carbons (Fsp3) is 0.130. The molecule has 0 aliphatic carbocycles. The van der Waals surface area contributed by atoms with Crippen molar-refractivity contribution < 1.29 is 9.59 Å². The first kappa shape index (κ1) is 21.0. The van der Waals surface area contributed by atoms with Gasteiger partial charge in [0.2, 0.25) is 16.9 Å². The summed E-state index contributed by atoms with van der Waals surface area (Å²) in [5.74, 6) is -0.359. The van der Waals surface area contributed by atoms with E-state index in [0.717, 1.165) is 11.1 Å². The van der Waals surface area contributed by atoms with Crippen molar-refractivity contribution in [2.45, 2.75) is 11.7 Å². The molecule has 1 aliphatic heterocycles. The van der Waals surface area contributed by atoms with Gasteiger partial charge in [-0.3, -0.25) is 14.5 Å². The largest absolute Gasteiger partial charge is 0.326 e. The van der Waals surface area contributed by atoms with Gasteiger partial charge in [0.15, 0.2) is 5.17 Å². The molecule has 1 aliphatic rings. The lowest BCUT2D eigenvalue weighted by molar-refractivity contribution is -0.127. The monoisotopic (exact) mass is 448 g/mol. The van der Waals surface area contributed by atoms with Gasteiger partial charge in [0.1, 0.15) is 5.25 Å². The van der Waals surface area contributed by atoms with E-state index in [4.69, 9.17) is 0 Å². The number of aliphatic imine (C=N–C) groups is 1. The maximum atomic E-state index is 12.8. The van der Waals surface area contributed by atoms with Crippen molar-refractivity contribution in [3.8, 4) is 11.1 Å². The second-order valence-electron chi connectivity index (χ2n) is 6.75. The van der Waals surface area contributed by atoms with Gasteiger partial charge < -0.3 is 5.32 Å². The number of thiazole rings is 1. The Balaban J connectivity index is 1.41. The fourth-order valence-corrected chi connectivity index (χ4v) is 4.84. The van der Waals surface area contributed by atoms with Crippen molar-refractivity contribution >= 4 is 50.9 Å². The Hall–Kier alpha value is -3.23. The van der Waals surface area contributed by atoms with Crippen LogP contribution in [-0.2, 0) is 9.59 Å². The predicted molar refractivity (Wildman–Crippen MR) is 128 cm³/mol. The van der Waals surface area contributed by atoms with Crippen molar-refractivity contribution in [3.63, 3.8) is 0 Å². The smallest absolute Gasteiger partial charge is 0.242 e. The minimum Gasteiger partial charge on any atom is -0.326 e. The highest BCUT2D eigenvalue weighted by Crippen LogP contribution is 2.32.